The van der Waals surface area contributed by atoms with E-state index in [1.54, 1.807) is 19.2 Å². The van der Waals surface area contributed by atoms with E-state index in [2.05, 4.69) is 10.0 Å². The first-order valence-corrected chi connectivity index (χ1v) is 10.4. The van der Waals surface area contributed by atoms with Gasteiger partial charge in [0.1, 0.15) is 5.75 Å². The molecule has 0 spiro atoms. The number of rotatable bonds is 11. The van der Waals surface area contributed by atoms with Crippen LogP contribution in [0.1, 0.15) is 22.3 Å². The van der Waals surface area contributed by atoms with Crippen molar-refractivity contribution < 1.29 is 22.7 Å². The Morgan fingerprint density at radius 3 is 2.46 bits per heavy atom. The predicted octanol–water partition coefficient (Wildman–Crippen LogP) is 1.98. The molecule has 2 aromatic rings. The summed E-state index contributed by atoms with van der Waals surface area (Å²) in [5, 5.41) is 2.82. The summed E-state index contributed by atoms with van der Waals surface area (Å²) in [6.07, 6.45) is 1.59. The van der Waals surface area contributed by atoms with Crippen molar-refractivity contribution in [1.29, 1.82) is 0 Å². The maximum atomic E-state index is 12.3. The fourth-order valence-corrected chi connectivity index (χ4v) is 3.61. The third kappa shape index (κ3) is 6.63. The number of methoxy groups -OCH3 is 2. The zero-order valence-corrected chi connectivity index (χ0v) is 16.9. The minimum absolute atomic E-state index is 0.0504. The number of hydrogen-bond acceptors (Lipinski definition) is 5. The van der Waals surface area contributed by atoms with E-state index < -0.39 is 10.0 Å². The van der Waals surface area contributed by atoms with Crippen LogP contribution in [0.5, 0.6) is 5.75 Å². The van der Waals surface area contributed by atoms with E-state index in [0.717, 1.165) is 24.2 Å². The first kappa shape index (κ1) is 21.9. The van der Waals surface area contributed by atoms with E-state index in [0.29, 0.717) is 12.1 Å². The molecule has 2 N–H and O–H groups in total. The second-order valence-electron chi connectivity index (χ2n) is 6.13. The highest BCUT2D eigenvalue weighted by atomic mass is 32.2. The van der Waals surface area contributed by atoms with E-state index in [1.165, 1.54) is 19.2 Å². The van der Waals surface area contributed by atoms with Gasteiger partial charge in [-0.05, 0) is 48.7 Å². The lowest BCUT2D eigenvalue weighted by Gasteiger charge is -2.09. The SMILES string of the molecule is COCCNS(=O)(=O)c1cccc(C(=O)NCCCc2ccc(OC)cc2)c1. The third-order valence-corrected chi connectivity index (χ3v) is 5.55. The Bertz CT molecular complexity index is 866. The molecule has 0 saturated heterocycles. The molecule has 0 atom stereocenters. The van der Waals surface area contributed by atoms with Gasteiger partial charge in [-0.1, -0.05) is 18.2 Å². The number of carbonyl (C=O) groups is 1. The second-order valence-corrected chi connectivity index (χ2v) is 7.89. The van der Waals surface area contributed by atoms with Gasteiger partial charge in [0, 0.05) is 25.8 Å². The summed E-state index contributed by atoms with van der Waals surface area (Å²) < 4.78 is 36.9. The summed E-state index contributed by atoms with van der Waals surface area (Å²) in [6, 6.07) is 13.8. The molecule has 0 unspecified atom stereocenters. The van der Waals surface area contributed by atoms with Crippen LogP contribution in [0.15, 0.2) is 53.4 Å². The summed E-state index contributed by atoms with van der Waals surface area (Å²) in [7, 11) is -0.556. The van der Waals surface area contributed by atoms with E-state index in [9.17, 15) is 13.2 Å². The van der Waals surface area contributed by atoms with Gasteiger partial charge >= 0.3 is 0 Å². The maximum Gasteiger partial charge on any atom is 0.251 e. The minimum Gasteiger partial charge on any atom is -0.497 e. The van der Waals surface area contributed by atoms with Gasteiger partial charge in [0.15, 0.2) is 0 Å². The van der Waals surface area contributed by atoms with E-state index in [1.807, 2.05) is 24.3 Å². The molecule has 152 valence electrons. The molecule has 0 aliphatic heterocycles. The Morgan fingerprint density at radius 1 is 1.04 bits per heavy atom. The van der Waals surface area contributed by atoms with Gasteiger partial charge in [0.05, 0.1) is 18.6 Å². The van der Waals surface area contributed by atoms with Crippen molar-refractivity contribution in [2.24, 2.45) is 0 Å². The molecule has 0 aliphatic carbocycles. The fraction of sp³-hybridized carbons (Fsp3) is 0.350. The Hall–Kier alpha value is -2.42. The number of aryl methyl sites for hydroxylation is 1. The minimum atomic E-state index is -3.68. The first-order chi connectivity index (χ1) is 13.5. The molecule has 0 saturated carbocycles. The number of hydrogen-bond donors (Lipinski definition) is 2. The molecule has 28 heavy (non-hydrogen) atoms. The molecule has 0 aromatic heterocycles. The quantitative estimate of drug-likeness (QED) is 0.557. The van der Waals surface area contributed by atoms with Gasteiger partial charge in [-0.2, -0.15) is 0 Å². The largest absolute Gasteiger partial charge is 0.497 e. The summed E-state index contributed by atoms with van der Waals surface area (Å²) in [4.78, 5) is 12.4. The highest BCUT2D eigenvalue weighted by molar-refractivity contribution is 7.89. The zero-order chi connectivity index (χ0) is 20.4. The van der Waals surface area contributed by atoms with Crippen LogP contribution in [0.25, 0.3) is 0 Å². The Labute approximate surface area is 166 Å². The summed E-state index contributed by atoms with van der Waals surface area (Å²) in [5.41, 5.74) is 1.46. The lowest BCUT2D eigenvalue weighted by molar-refractivity contribution is 0.0953. The van der Waals surface area contributed by atoms with Crippen molar-refractivity contribution in [2.45, 2.75) is 17.7 Å². The molecule has 0 bridgehead atoms. The number of benzene rings is 2. The van der Waals surface area contributed by atoms with Crippen molar-refractivity contribution in [3.8, 4) is 5.75 Å². The highest BCUT2D eigenvalue weighted by Gasteiger charge is 2.15. The van der Waals surface area contributed by atoms with Gasteiger partial charge in [0.25, 0.3) is 5.91 Å². The number of carbonyl (C=O) groups excluding carboxylic acids is 1. The Morgan fingerprint density at radius 2 is 1.79 bits per heavy atom. The molecule has 0 heterocycles. The molecule has 0 aliphatic rings. The lowest BCUT2D eigenvalue weighted by atomic mass is 10.1. The van der Waals surface area contributed by atoms with Crippen molar-refractivity contribution in [2.75, 3.05) is 33.9 Å². The maximum absolute atomic E-state index is 12.3. The summed E-state index contributed by atoms with van der Waals surface area (Å²) in [6.45, 7) is 0.933. The third-order valence-electron chi connectivity index (χ3n) is 4.09. The Kier molecular flexibility index (Phi) is 8.43. The number of nitrogens with one attached hydrogen (secondary N) is 2. The van der Waals surface area contributed by atoms with Gasteiger partial charge in [-0.25, -0.2) is 13.1 Å². The summed E-state index contributed by atoms with van der Waals surface area (Å²) in [5.74, 6) is 0.507. The van der Waals surface area contributed by atoms with Crippen LogP contribution in [0.2, 0.25) is 0 Å². The zero-order valence-electron chi connectivity index (χ0n) is 16.1. The smallest absolute Gasteiger partial charge is 0.251 e. The summed E-state index contributed by atoms with van der Waals surface area (Å²) >= 11 is 0. The molecule has 8 heteroatoms. The highest BCUT2D eigenvalue weighted by Crippen LogP contribution is 2.13. The topological polar surface area (TPSA) is 93.7 Å². The predicted molar refractivity (Wildman–Crippen MR) is 107 cm³/mol. The standard InChI is InChI=1S/C20H26N2O5S/c1-26-14-13-22-28(24,25)19-7-3-6-17(15-19)20(23)21-12-4-5-16-8-10-18(27-2)11-9-16/h3,6-11,15,22H,4-5,12-14H2,1-2H3,(H,21,23). The van der Waals surface area contributed by atoms with Crippen LogP contribution in [-0.2, 0) is 21.2 Å². The fourth-order valence-electron chi connectivity index (χ4n) is 2.55. The van der Waals surface area contributed by atoms with Crippen LogP contribution < -0.4 is 14.8 Å². The first-order valence-electron chi connectivity index (χ1n) is 8.96. The van der Waals surface area contributed by atoms with Crippen molar-refractivity contribution in [3.63, 3.8) is 0 Å². The van der Waals surface area contributed by atoms with Gasteiger partial charge in [-0.15, -0.1) is 0 Å². The molecule has 0 radical (unpaired) electrons. The molecule has 0 fully saturated rings. The van der Waals surface area contributed by atoms with Crippen LogP contribution in [0, 0.1) is 0 Å². The lowest BCUT2D eigenvalue weighted by Crippen LogP contribution is -2.28. The van der Waals surface area contributed by atoms with Crippen molar-refractivity contribution in [3.05, 3.63) is 59.7 Å². The average molecular weight is 407 g/mol. The van der Waals surface area contributed by atoms with Crippen LogP contribution >= 0.6 is 0 Å². The number of ether oxygens (including phenoxy) is 2. The molecule has 7 nitrogen and oxygen atoms in total. The number of sulfonamides is 1. The molecule has 2 aromatic carbocycles. The number of amides is 1. The molecule has 2 rings (SSSR count). The van der Waals surface area contributed by atoms with Crippen LogP contribution in [0.4, 0.5) is 0 Å². The Balaban J connectivity index is 1.86. The van der Waals surface area contributed by atoms with Gasteiger partial charge < -0.3 is 14.8 Å². The van der Waals surface area contributed by atoms with E-state index >= 15 is 0 Å². The van der Waals surface area contributed by atoms with Gasteiger partial charge in [0.2, 0.25) is 10.0 Å². The van der Waals surface area contributed by atoms with Crippen LogP contribution in [0.3, 0.4) is 0 Å². The molecule has 1 amide bonds. The van der Waals surface area contributed by atoms with Gasteiger partial charge in [-0.3, -0.25) is 4.79 Å². The molecular formula is C20H26N2O5S. The monoisotopic (exact) mass is 406 g/mol. The second kappa shape index (κ2) is 10.8. The van der Waals surface area contributed by atoms with E-state index in [-0.39, 0.29) is 24.0 Å². The van der Waals surface area contributed by atoms with E-state index in [4.69, 9.17) is 9.47 Å². The average Bonchev–Trinajstić information content (AvgIpc) is 2.71. The molecular weight excluding hydrogens is 380 g/mol. The van der Waals surface area contributed by atoms with Crippen LogP contribution in [-0.4, -0.2) is 48.2 Å². The van der Waals surface area contributed by atoms with Crippen molar-refractivity contribution in [1.82, 2.24) is 10.0 Å². The van der Waals surface area contributed by atoms with Crippen molar-refractivity contribution >= 4 is 15.9 Å². The normalized spacial score (nSPS) is 11.2.